The smallest absolute Gasteiger partial charge is 0.248 e. The summed E-state index contributed by atoms with van der Waals surface area (Å²) in [4.78, 5) is 25.9. The number of nitriles is 1. The predicted molar refractivity (Wildman–Crippen MR) is 133 cm³/mol. The van der Waals surface area contributed by atoms with E-state index in [4.69, 9.17) is 14.7 Å². The first-order chi connectivity index (χ1) is 17.4. The second kappa shape index (κ2) is 9.75. The Morgan fingerprint density at radius 2 is 1.89 bits per heavy atom. The molecular formula is C25H27N9O2. The molecular weight excluding hydrogens is 458 g/mol. The van der Waals surface area contributed by atoms with E-state index in [0.29, 0.717) is 48.6 Å². The van der Waals surface area contributed by atoms with Crippen LogP contribution < -0.4 is 4.90 Å². The second-order valence-electron chi connectivity index (χ2n) is 8.97. The van der Waals surface area contributed by atoms with Crippen LogP contribution in [0, 0.1) is 11.3 Å². The van der Waals surface area contributed by atoms with Crippen LogP contribution in [0.15, 0.2) is 43.1 Å². The van der Waals surface area contributed by atoms with Crippen molar-refractivity contribution in [2.75, 3.05) is 37.7 Å². The number of amides is 1. The van der Waals surface area contributed by atoms with E-state index in [1.807, 2.05) is 44.1 Å². The molecule has 0 aliphatic carbocycles. The zero-order chi connectivity index (χ0) is 25.2. The van der Waals surface area contributed by atoms with Crippen molar-refractivity contribution >= 4 is 17.2 Å². The van der Waals surface area contributed by atoms with Crippen LogP contribution in [0.4, 0.5) is 5.82 Å². The number of carbonyl (C=O) groups is 1. The fraction of sp³-hybridized carbons (Fsp3) is 0.360. The van der Waals surface area contributed by atoms with Gasteiger partial charge in [-0.2, -0.15) is 15.5 Å². The van der Waals surface area contributed by atoms with Crippen molar-refractivity contribution < 1.29 is 9.53 Å². The lowest BCUT2D eigenvalue weighted by atomic mass is 10.1. The summed E-state index contributed by atoms with van der Waals surface area (Å²) in [6.45, 7) is 6.60. The van der Waals surface area contributed by atoms with Gasteiger partial charge in [0.2, 0.25) is 5.91 Å². The molecule has 0 saturated carbocycles. The quantitative estimate of drug-likeness (QED) is 0.408. The number of pyridine rings is 1. The number of carbonyl (C=O) groups excluding carboxylic acids is 1. The van der Waals surface area contributed by atoms with Crippen molar-refractivity contribution in [3.63, 3.8) is 0 Å². The van der Waals surface area contributed by atoms with Crippen molar-refractivity contribution in [1.82, 2.24) is 34.3 Å². The number of hydrogen-bond donors (Lipinski definition) is 0. The zero-order valence-electron chi connectivity index (χ0n) is 20.5. The summed E-state index contributed by atoms with van der Waals surface area (Å²) in [6, 6.07) is 6.11. The summed E-state index contributed by atoms with van der Waals surface area (Å²) in [5.74, 6) is 0.849. The molecule has 0 aromatic carbocycles. The van der Waals surface area contributed by atoms with Crippen LogP contribution in [0.3, 0.4) is 0 Å². The fourth-order valence-corrected chi connectivity index (χ4v) is 4.22. The highest BCUT2D eigenvalue weighted by Crippen LogP contribution is 2.29. The summed E-state index contributed by atoms with van der Waals surface area (Å²) < 4.78 is 8.84. The van der Waals surface area contributed by atoms with Gasteiger partial charge in [0.25, 0.3) is 0 Å². The zero-order valence-corrected chi connectivity index (χ0v) is 20.5. The SMILES string of the molecule is CC(C)OCC(=O)N1CCN(c2ccc(-c3nc(-c4cnn(C)c4)cn4ncc(C#N)c34)cn2)CC1. The highest BCUT2D eigenvalue weighted by atomic mass is 16.5. The molecule has 1 aliphatic heterocycles. The number of rotatable bonds is 6. The molecule has 11 nitrogen and oxygen atoms in total. The number of aryl methyl sites for hydroxylation is 1. The van der Waals surface area contributed by atoms with E-state index in [-0.39, 0.29) is 18.6 Å². The van der Waals surface area contributed by atoms with Gasteiger partial charge in [-0.15, -0.1) is 0 Å². The first-order valence-electron chi connectivity index (χ1n) is 11.8. The van der Waals surface area contributed by atoms with Gasteiger partial charge in [0.1, 0.15) is 29.6 Å². The summed E-state index contributed by atoms with van der Waals surface area (Å²) in [7, 11) is 1.85. The van der Waals surface area contributed by atoms with Crippen LogP contribution in [0.2, 0.25) is 0 Å². The lowest BCUT2D eigenvalue weighted by Crippen LogP contribution is -2.50. The van der Waals surface area contributed by atoms with Crippen LogP contribution in [0.25, 0.3) is 28.0 Å². The standard InChI is InChI=1S/C25H27N9O2/c1-17(2)36-16-23(35)33-8-6-32(7-9-33)22-5-4-18(11-27-22)24-25-19(10-26)12-29-34(25)15-21(30-24)20-13-28-31(3)14-20/h4-5,11-15,17H,6-9,16H2,1-3H3. The number of aromatic nitrogens is 6. The molecule has 184 valence electrons. The van der Waals surface area contributed by atoms with E-state index in [1.165, 1.54) is 0 Å². The van der Waals surface area contributed by atoms with Crippen molar-refractivity contribution in [2.24, 2.45) is 7.05 Å². The van der Waals surface area contributed by atoms with Crippen molar-refractivity contribution in [3.05, 3.63) is 48.7 Å². The molecule has 1 saturated heterocycles. The number of nitrogens with zero attached hydrogens (tertiary/aromatic N) is 9. The Labute approximate surface area is 208 Å². The minimum atomic E-state index is 0.0179. The van der Waals surface area contributed by atoms with Crippen LogP contribution in [0.1, 0.15) is 19.4 Å². The average molecular weight is 486 g/mol. The molecule has 0 bridgehead atoms. The van der Waals surface area contributed by atoms with Crippen LogP contribution in [0.5, 0.6) is 0 Å². The maximum absolute atomic E-state index is 12.3. The lowest BCUT2D eigenvalue weighted by molar-refractivity contribution is -0.137. The first kappa shape index (κ1) is 23.4. The van der Waals surface area contributed by atoms with Gasteiger partial charge in [-0.05, 0) is 26.0 Å². The first-order valence-corrected chi connectivity index (χ1v) is 11.8. The Morgan fingerprint density at radius 1 is 1.08 bits per heavy atom. The lowest BCUT2D eigenvalue weighted by Gasteiger charge is -2.35. The Balaban J connectivity index is 1.38. The van der Waals surface area contributed by atoms with E-state index >= 15 is 0 Å². The van der Waals surface area contributed by atoms with Gasteiger partial charge >= 0.3 is 0 Å². The summed E-state index contributed by atoms with van der Waals surface area (Å²) in [5.41, 5.74) is 4.04. The molecule has 4 aromatic rings. The van der Waals surface area contributed by atoms with E-state index < -0.39 is 0 Å². The van der Waals surface area contributed by atoms with Crippen molar-refractivity contribution in [1.29, 1.82) is 5.26 Å². The van der Waals surface area contributed by atoms with Gasteiger partial charge in [-0.1, -0.05) is 0 Å². The fourth-order valence-electron chi connectivity index (χ4n) is 4.22. The topological polar surface area (TPSA) is 117 Å². The van der Waals surface area contributed by atoms with E-state index in [9.17, 15) is 10.1 Å². The minimum Gasteiger partial charge on any atom is -0.369 e. The molecule has 1 amide bonds. The molecule has 5 heterocycles. The third kappa shape index (κ3) is 4.63. The van der Waals surface area contributed by atoms with Crippen LogP contribution >= 0.6 is 0 Å². The Bertz CT molecular complexity index is 1420. The molecule has 4 aromatic heterocycles. The Kier molecular flexibility index (Phi) is 6.35. The number of hydrogen-bond acceptors (Lipinski definition) is 8. The van der Waals surface area contributed by atoms with Gasteiger partial charge < -0.3 is 14.5 Å². The number of ether oxygens (including phenoxy) is 1. The van der Waals surface area contributed by atoms with E-state index in [1.54, 1.807) is 34.0 Å². The van der Waals surface area contributed by atoms with Crippen LogP contribution in [-0.2, 0) is 16.6 Å². The molecule has 0 radical (unpaired) electrons. The maximum Gasteiger partial charge on any atom is 0.248 e. The third-order valence-corrected chi connectivity index (χ3v) is 6.14. The molecule has 0 atom stereocenters. The maximum atomic E-state index is 12.3. The number of piperazine rings is 1. The van der Waals surface area contributed by atoms with Crippen LogP contribution in [-0.4, -0.2) is 79.1 Å². The molecule has 1 fully saturated rings. The molecule has 0 spiro atoms. The van der Waals surface area contributed by atoms with E-state index in [2.05, 4.69) is 21.2 Å². The number of fused-ring (bicyclic) bond motifs is 1. The molecule has 1 aliphatic rings. The molecule has 5 rings (SSSR count). The second-order valence-corrected chi connectivity index (χ2v) is 8.97. The molecule has 0 unspecified atom stereocenters. The van der Waals surface area contributed by atoms with Gasteiger partial charge in [0.05, 0.1) is 36.1 Å². The predicted octanol–water partition coefficient (Wildman–Crippen LogP) is 2.14. The molecule has 11 heteroatoms. The highest BCUT2D eigenvalue weighted by molar-refractivity contribution is 5.83. The summed E-state index contributed by atoms with van der Waals surface area (Å²) >= 11 is 0. The van der Waals surface area contributed by atoms with Gasteiger partial charge in [0, 0.05) is 56.7 Å². The van der Waals surface area contributed by atoms with Gasteiger partial charge in [-0.25, -0.2) is 14.5 Å². The molecule has 36 heavy (non-hydrogen) atoms. The average Bonchev–Trinajstić information content (AvgIpc) is 3.53. The van der Waals surface area contributed by atoms with E-state index in [0.717, 1.165) is 16.9 Å². The molecule has 0 N–H and O–H groups in total. The van der Waals surface area contributed by atoms with Crippen molar-refractivity contribution in [3.8, 4) is 28.6 Å². The Morgan fingerprint density at radius 3 is 2.53 bits per heavy atom. The van der Waals surface area contributed by atoms with Gasteiger partial charge in [-0.3, -0.25) is 9.48 Å². The Hall–Kier alpha value is -4.30. The van der Waals surface area contributed by atoms with Crippen molar-refractivity contribution in [2.45, 2.75) is 20.0 Å². The monoisotopic (exact) mass is 485 g/mol. The summed E-state index contributed by atoms with van der Waals surface area (Å²) in [6.07, 6.45) is 8.77. The number of anilines is 1. The minimum absolute atomic E-state index is 0.0179. The highest BCUT2D eigenvalue weighted by Gasteiger charge is 2.23. The largest absolute Gasteiger partial charge is 0.369 e. The third-order valence-electron chi connectivity index (χ3n) is 6.14. The van der Waals surface area contributed by atoms with Gasteiger partial charge in [0.15, 0.2) is 0 Å². The normalized spacial score (nSPS) is 14.0. The summed E-state index contributed by atoms with van der Waals surface area (Å²) in [5, 5.41) is 18.2.